The zero-order valence-corrected chi connectivity index (χ0v) is 16.2. The molecule has 0 bridgehead atoms. The van der Waals surface area contributed by atoms with Gasteiger partial charge in [-0.05, 0) is 44.4 Å². The first-order chi connectivity index (χ1) is 11.6. The monoisotopic (exact) mass is 372 g/mol. The Morgan fingerprint density at radius 2 is 1.92 bits per heavy atom. The van der Waals surface area contributed by atoms with E-state index in [1.165, 1.54) is 0 Å². The topological polar surface area (TPSA) is 68.8 Å². The number of ether oxygens (including phenoxy) is 3. The van der Waals surface area contributed by atoms with Crippen LogP contribution in [0.3, 0.4) is 0 Å². The lowest BCUT2D eigenvalue weighted by molar-refractivity contribution is -0.122. The number of hydrogen-bond acceptors (Lipinski definition) is 5. The van der Waals surface area contributed by atoms with Gasteiger partial charge in [0.25, 0.3) is 0 Å². The third-order valence-corrected chi connectivity index (χ3v) is 4.40. The number of halogens is 1. The van der Waals surface area contributed by atoms with Crippen LogP contribution in [0.1, 0.15) is 31.7 Å². The SMILES string of the molecule is COc1ccc(CCC(=O)NC2CCNC(C)C2)c(OC)c1OC.Cl. The highest BCUT2D eigenvalue weighted by atomic mass is 35.5. The van der Waals surface area contributed by atoms with Crippen LogP contribution in [0.15, 0.2) is 12.1 Å². The summed E-state index contributed by atoms with van der Waals surface area (Å²) in [7, 11) is 4.76. The molecule has 2 N–H and O–H groups in total. The number of methoxy groups -OCH3 is 3. The molecule has 2 unspecified atom stereocenters. The number of nitrogens with one attached hydrogen (secondary N) is 2. The molecular weight excluding hydrogens is 344 g/mol. The van der Waals surface area contributed by atoms with E-state index in [-0.39, 0.29) is 24.4 Å². The van der Waals surface area contributed by atoms with E-state index in [0.717, 1.165) is 24.9 Å². The number of carbonyl (C=O) groups is 1. The van der Waals surface area contributed by atoms with E-state index in [2.05, 4.69) is 17.6 Å². The maximum atomic E-state index is 12.2. The Bertz CT molecular complexity index is 568. The zero-order chi connectivity index (χ0) is 17.5. The van der Waals surface area contributed by atoms with Gasteiger partial charge in [0.2, 0.25) is 11.7 Å². The summed E-state index contributed by atoms with van der Waals surface area (Å²) in [5.74, 6) is 1.88. The van der Waals surface area contributed by atoms with Crippen LogP contribution in [0.2, 0.25) is 0 Å². The van der Waals surface area contributed by atoms with Gasteiger partial charge in [0.15, 0.2) is 11.5 Å². The fourth-order valence-electron chi connectivity index (χ4n) is 3.17. The van der Waals surface area contributed by atoms with Crippen molar-refractivity contribution >= 4 is 18.3 Å². The highest BCUT2D eigenvalue weighted by Crippen LogP contribution is 2.40. The molecule has 0 saturated carbocycles. The van der Waals surface area contributed by atoms with Crippen molar-refractivity contribution in [3.8, 4) is 17.2 Å². The minimum Gasteiger partial charge on any atom is -0.493 e. The summed E-state index contributed by atoms with van der Waals surface area (Å²) < 4.78 is 16.1. The maximum Gasteiger partial charge on any atom is 0.220 e. The molecule has 1 amide bonds. The summed E-state index contributed by atoms with van der Waals surface area (Å²) in [6.07, 6.45) is 2.97. The van der Waals surface area contributed by atoms with E-state index in [1.54, 1.807) is 21.3 Å². The van der Waals surface area contributed by atoms with Gasteiger partial charge >= 0.3 is 0 Å². The second kappa shape index (κ2) is 10.4. The van der Waals surface area contributed by atoms with Gasteiger partial charge < -0.3 is 24.8 Å². The van der Waals surface area contributed by atoms with Crippen molar-refractivity contribution in [2.24, 2.45) is 0 Å². The van der Waals surface area contributed by atoms with Crippen LogP contribution >= 0.6 is 12.4 Å². The van der Waals surface area contributed by atoms with Gasteiger partial charge in [-0.25, -0.2) is 0 Å². The Kier molecular flexibility index (Phi) is 8.86. The van der Waals surface area contributed by atoms with Gasteiger partial charge in [0.1, 0.15) is 0 Å². The van der Waals surface area contributed by atoms with Crippen LogP contribution in [0, 0.1) is 0 Å². The lowest BCUT2D eigenvalue weighted by Gasteiger charge is -2.28. The predicted octanol–water partition coefficient (Wildman–Crippen LogP) is 2.32. The summed E-state index contributed by atoms with van der Waals surface area (Å²) in [6, 6.07) is 4.47. The molecule has 25 heavy (non-hydrogen) atoms. The standard InChI is InChI=1S/C18H28N2O4.ClH/c1-12-11-14(9-10-19-12)20-16(21)8-6-13-5-7-15(22-2)18(24-4)17(13)23-3;/h5,7,12,14,19H,6,8-11H2,1-4H3,(H,20,21);1H. The molecule has 142 valence electrons. The van der Waals surface area contributed by atoms with E-state index in [9.17, 15) is 4.79 Å². The molecule has 0 spiro atoms. The van der Waals surface area contributed by atoms with Crippen molar-refractivity contribution < 1.29 is 19.0 Å². The van der Waals surface area contributed by atoms with Crippen molar-refractivity contribution in [3.05, 3.63) is 17.7 Å². The van der Waals surface area contributed by atoms with E-state index in [0.29, 0.717) is 36.1 Å². The second-order valence-electron chi connectivity index (χ2n) is 6.14. The molecule has 1 aromatic carbocycles. The Morgan fingerprint density at radius 1 is 1.20 bits per heavy atom. The van der Waals surface area contributed by atoms with Crippen LogP contribution in [0.5, 0.6) is 17.2 Å². The molecule has 6 nitrogen and oxygen atoms in total. The number of aryl methyl sites for hydroxylation is 1. The number of piperidine rings is 1. The molecule has 1 aromatic rings. The Morgan fingerprint density at radius 3 is 2.52 bits per heavy atom. The number of hydrogen-bond donors (Lipinski definition) is 2. The van der Waals surface area contributed by atoms with Crippen molar-refractivity contribution in [2.45, 2.75) is 44.7 Å². The van der Waals surface area contributed by atoms with Crippen LogP contribution in [0.25, 0.3) is 0 Å². The number of carbonyl (C=O) groups excluding carboxylic acids is 1. The molecule has 1 fully saturated rings. The summed E-state index contributed by atoms with van der Waals surface area (Å²) in [4.78, 5) is 12.2. The molecule has 1 aliphatic rings. The van der Waals surface area contributed by atoms with E-state index >= 15 is 0 Å². The lowest BCUT2D eigenvalue weighted by atomic mass is 10.00. The molecular formula is C18H29ClN2O4. The van der Waals surface area contributed by atoms with Crippen LogP contribution < -0.4 is 24.8 Å². The first kappa shape index (κ1) is 21.4. The maximum absolute atomic E-state index is 12.2. The first-order valence-electron chi connectivity index (χ1n) is 8.39. The summed E-state index contributed by atoms with van der Waals surface area (Å²) in [5, 5.41) is 6.52. The minimum atomic E-state index is 0. The van der Waals surface area contributed by atoms with Crippen molar-refractivity contribution in [3.63, 3.8) is 0 Å². The predicted molar refractivity (Wildman–Crippen MR) is 100 cm³/mol. The zero-order valence-electron chi connectivity index (χ0n) is 15.4. The molecule has 2 atom stereocenters. The largest absolute Gasteiger partial charge is 0.493 e. The van der Waals surface area contributed by atoms with E-state index in [1.807, 2.05) is 12.1 Å². The van der Waals surface area contributed by atoms with Gasteiger partial charge in [-0.2, -0.15) is 0 Å². The normalized spacial score (nSPS) is 19.5. The quantitative estimate of drug-likeness (QED) is 0.768. The molecule has 1 heterocycles. The molecule has 0 aromatic heterocycles. The van der Waals surface area contributed by atoms with Crippen LogP contribution in [0.4, 0.5) is 0 Å². The van der Waals surface area contributed by atoms with Crippen molar-refractivity contribution in [2.75, 3.05) is 27.9 Å². The number of rotatable bonds is 7. The highest BCUT2D eigenvalue weighted by molar-refractivity contribution is 5.85. The molecule has 7 heteroatoms. The van der Waals surface area contributed by atoms with Gasteiger partial charge in [-0.1, -0.05) is 6.07 Å². The average molecular weight is 373 g/mol. The van der Waals surface area contributed by atoms with Crippen LogP contribution in [-0.4, -0.2) is 45.9 Å². The number of amides is 1. The fraction of sp³-hybridized carbons (Fsp3) is 0.611. The third kappa shape index (κ3) is 5.68. The average Bonchev–Trinajstić information content (AvgIpc) is 2.58. The molecule has 0 aliphatic carbocycles. The smallest absolute Gasteiger partial charge is 0.220 e. The van der Waals surface area contributed by atoms with E-state index in [4.69, 9.17) is 14.2 Å². The fourth-order valence-corrected chi connectivity index (χ4v) is 3.17. The molecule has 0 radical (unpaired) electrons. The van der Waals surface area contributed by atoms with Gasteiger partial charge in [0.05, 0.1) is 21.3 Å². The number of benzene rings is 1. The summed E-state index contributed by atoms with van der Waals surface area (Å²) in [5.41, 5.74) is 0.934. The first-order valence-corrected chi connectivity index (χ1v) is 8.39. The summed E-state index contributed by atoms with van der Waals surface area (Å²) in [6.45, 7) is 3.10. The molecule has 2 rings (SSSR count). The Balaban J connectivity index is 0.00000312. The minimum absolute atomic E-state index is 0. The molecule has 1 saturated heterocycles. The van der Waals surface area contributed by atoms with E-state index < -0.39 is 0 Å². The lowest BCUT2D eigenvalue weighted by Crippen LogP contribution is -2.46. The second-order valence-corrected chi connectivity index (χ2v) is 6.14. The molecule has 1 aliphatic heterocycles. The van der Waals surface area contributed by atoms with Gasteiger partial charge in [0, 0.05) is 18.5 Å². The van der Waals surface area contributed by atoms with Crippen LogP contribution in [-0.2, 0) is 11.2 Å². The highest BCUT2D eigenvalue weighted by Gasteiger charge is 2.21. The van der Waals surface area contributed by atoms with Crippen molar-refractivity contribution in [1.29, 1.82) is 0 Å². The van der Waals surface area contributed by atoms with Gasteiger partial charge in [-0.3, -0.25) is 4.79 Å². The van der Waals surface area contributed by atoms with Crippen molar-refractivity contribution in [1.82, 2.24) is 10.6 Å². The summed E-state index contributed by atoms with van der Waals surface area (Å²) >= 11 is 0. The van der Waals surface area contributed by atoms with Gasteiger partial charge in [-0.15, -0.1) is 12.4 Å². The Hall–Kier alpha value is -1.66. The Labute approximate surface area is 156 Å². The third-order valence-electron chi connectivity index (χ3n) is 4.40.